The van der Waals surface area contributed by atoms with Crippen molar-refractivity contribution in [2.75, 3.05) is 13.7 Å². The predicted molar refractivity (Wildman–Crippen MR) is 98.2 cm³/mol. The lowest BCUT2D eigenvalue weighted by Crippen LogP contribution is -2.63. The van der Waals surface area contributed by atoms with Crippen LogP contribution in [0.4, 0.5) is 0 Å². The van der Waals surface area contributed by atoms with E-state index in [0.29, 0.717) is 23.7 Å². The lowest BCUT2D eigenvalue weighted by molar-refractivity contribution is -0.128. The molecule has 1 saturated carbocycles. The third-order valence-corrected chi connectivity index (χ3v) is 6.51. The number of methoxy groups -OCH3 is 1. The fraction of sp³-hybridized carbons (Fsp3) is 0.650. The number of carbonyl (C=O) groups excluding carboxylic acids is 1. The number of rotatable bonds is 3. The SMILES string of the molecule is CCCC1CC(=O)C[C@]23CCN[C@H](Cc4ccc(OC)cc42)[C@H]13.Cl. The maximum absolute atomic E-state index is 12.6. The van der Waals surface area contributed by atoms with Gasteiger partial charge in [0.1, 0.15) is 11.5 Å². The van der Waals surface area contributed by atoms with E-state index in [9.17, 15) is 4.79 Å². The number of ketones is 1. The summed E-state index contributed by atoms with van der Waals surface area (Å²) in [5, 5.41) is 3.77. The monoisotopic (exact) mass is 349 g/mol. The van der Waals surface area contributed by atoms with Gasteiger partial charge in [0.05, 0.1) is 7.11 Å². The van der Waals surface area contributed by atoms with Crippen LogP contribution < -0.4 is 10.1 Å². The zero-order valence-electron chi connectivity index (χ0n) is 14.6. The topological polar surface area (TPSA) is 38.3 Å². The molecule has 2 bridgehead atoms. The van der Waals surface area contributed by atoms with Crippen molar-refractivity contribution in [2.45, 2.75) is 56.9 Å². The van der Waals surface area contributed by atoms with Gasteiger partial charge in [-0.1, -0.05) is 19.4 Å². The molecule has 132 valence electrons. The second-order valence-electron chi connectivity index (χ2n) is 7.69. The maximum atomic E-state index is 12.6. The van der Waals surface area contributed by atoms with E-state index < -0.39 is 0 Å². The lowest BCUT2D eigenvalue weighted by Gasteiger charge is -2.58. The first-order valence-electron chi connectivity index (χ1n) is 9.10. The first kappa shape index (κ1) is 17.8. The molecule has 4 atom stereocenters. The summed E-state index contributed by atoms with van der Waals surface area (Å²) in [4.78, 5) is 12.6. The van der Waals surface area contributed by atoms with Crippen LogP contribution in [-0.2, 0) is 16.6 Å². The summed E-state index contributed by atoms with van der Waals surface area (Å²) in [5.74, 6) is 2.54. The first-order chi connectivity index (χ1) is 11.2. The van der Waals surface area contributed by atoms with Crippen LogP contribution in [0.15, 0.2) is 18.2 Å². The number of piperidine rings is 1. The van der Waals surface area contributed by atoms with E-state index in [1.807, 2.05) is 0 Å². The van der Waals surface area contributed by atoms with Crippen LogP contribution in [-0.4, -0.2) is 25.5 Å². The molecule has 1 heterocycles. The summed E-state index contributed by atoms with van der Waals surface area (Å²) in [7, 11) is 1.73. The fourth-order valence-electron chi connectivity index (χ4n) is 5.81. The minimum atomic E-state index is 0. The molecule has 1 aromatic rings. The first-order valence-corrected chi connectivity index (χ1v) is 9.10. The Kier molecular flexibility index (Phi) is 4.94. The second kappa shape index (κ2) is 6.68. The second-order valence-corrected chi connectivity index (χ2v) is 7.69. The van der Waals surface area contributed by atoms with Crippen molar-refractivity contribution in [1.82, 2.24) is 5.32 Å². The van der Waals surface area contributed by atoms with Gasteiger partial charge in [-0.2, -0.15) is 0 Å². The van der Waals surface area contributed by atoms with Gasteiger partial charge in [0, 0.05) is 24.3 Å². The molecule has 0 spiro atoms. The minimum Gasteiger partial charge on any atom is -0.497 e. The molecule has 2 aliphatic carbocycles. The Balaban J connectivity index is 0.00000169. The lowest BCUT2D eigenvalue weighted by atomic mass is 9.49. The van der Waals surface area contributed by atoms with Gasteiger partial charge in [-0.15, -0.1) is 12.4 Å². The summed E-state index contributed by atoms with van der Waals surface area (Å²) in [6.07, 6.45) is 6.05. The number of benzene rings is 1. The van der Waals surface area contributed by atoms with E-state index in [-0.39, 0.29) is 17.8 Å². The average molecular weight is 350 g/mol. The van der Waals surface area contributed by atoms with E-state index in [1.54, 1.807) is 7.11 Å². The molecule has 1 aliphatic heterocycles. The molecule has 3 aliphatic rings. The molecule has 3 nitrogen and oxygen atoms in total. The molecule has 1 aromatic carbocycles. The number of fused-ring (bicyclic) bond motifs is 1. The molecule has 1 unspecified atom stereocenters. The number of carbonyl (C=O) groups is 1. The van der Waals surface area contributed by atoms with Gasteiger partial charge < -0.3 is 10.1 Å². The Bertz CT molecular complexity index is 632. The molecule has 4 rings (SSSR count). The highest BCUT2D eigenvalue weighted by Crippen LogP contribution is 2.56. The number of Topliss-reactive ketones (excluding diaryl/α,β-unsaturated/α-hetero) is 1. The van der Waals surface area contributed by atoms with Crippen molar-refractivity contribution in [2.24, 2.45) is 11.8 Å². The summed E-state index contributed by atoms with van der Waals surface area (Å²) in [6.45, 7) is 3.28. The highest BCUT2D eigenvalue weighted by molar-refractivity contribution is 5.85. The highest BCUT2D eigenvalue weighted by atomic mass is 35.5. The molecule has 0 radical (unpaired) electrons. The minimum absolute atomic E-state index is 0. The van der Waals surface area contributed by atoms with Crippen LogP contribution in [0.25, 0.3) is 0 Å². The van der Waals surface area contributed by atoms with Gasteiger partial charge in [-0.3, -0.25) is 4.79 Å². The van der Waals surface area contributed by atoms with E-state index in [2.05, 4.69) is 30.4 Å². The molecule has 0 aromatic heterocycles. The fourth-order valence-corrected chi connectivity index (χ4v) is 5.81. The Hall–Kier alpha value is -1.06. The van der Waals surface area contributed by atoms with Gasteiger partial charge in [-0.05, 0) is 60.9 Å². The van der Waals surface area contributed by atoms with Crippen molar-refractivity contribution in [3.8, 4) is 5.75 Å². The number of nitrogens with one attached hydrogen (secondary N) is 1. The summed E-state index contributed by atoms with van der Waals surface area (Å²) >= 11 is 0. The van der Waals surface area contributed by atoms with Crippen molar-refractivity contribution < 1.29 is 9.53 Å². The molecule has 2 fully saturated rings. The van der Waals surface area contributed by atoms with Crippen molar-refractivity contribution >= 4 is 18.2 Å². The zero-order chi connectivity index (χ0) is 16.0. The van der Waals surface area contributed by atoms with Crippen molar-refractivity contribution in [3.63, 3.8) is 0 Å². The Morgan fingerprint density at radius 3 is 2.92 bits per heavy atom. The number of hydrogen-bond acceptors (Lipinski definition) is 3. The maximum Gasteiger partial charge on any atom is 0.134 e. The van der Waals surface area contributed by atoms with Crippen LogP contribution in [0.5, 0.6) is 5.75 Å². The van der Waals surface area contributed by atoms with E-state index in [1.165, 1.54) is 24.0 Å². The smallest absolute Gasteiger partial charge is 0.134 e. The number of ether oxygens (including phenoxy) is 1. The van der Waals surface area contributed by atoms with Crippen molar-refractivity contribution in [3.05, 3.63) is 29.3 Å². The molecule has 0 amide bonds. The third kappa shape index (κ3) is 2.57. The van der Waals surface area contributed by atoms with Gasteiger partial charge in [0.15, 0.2) is 0 Å². The normalized spacial score (nSPS) is 33.9. The summed E-state index contributed by atoms with van der Waals surface area (Å²) < 4.78 is 5.49. The average Bonchev–Trinajstić information content (AvgIpc) is 2.54. The molecular formula is C20H28ClNO2. The predicted octanol–water partition coefficient (Wildman–Crippen LogP) is 3.67. The van der Waals surface area contributed by atoms with Gasteiger partial charge in [0.2, 0.25) is 0 Å². The van der Waals surface area contributed by atoms with E-state index in [4.69, 9.17) is 4.74 Å². The molecule has 1 N–H and O–H groups in total. The van der Waals surface area contributed by atoms with Crippen LogP contribution in [0.3, 0.4) is 0 Å². The largest absolute Gasteiger partial charge is 0.497 e. The van der Waals surface area contributed by atoms with Crippen LogP contribution >= 0.6 is 12.4 Å². The molecule has 4 heteroatoms. The van der Waals surface area contributed by atoms with Gasteiger partial charge in [0.25, 0.3) is 0 Å². The Morgan fingerprint density at radius 2 is 2.17 bits per heavy atom. The highest BCUT2D eigenvalue weighted by Gasteiger charge is 2.56. The van der Waals surface area contributed by atoms with Crippen LogP contribution in [0, 0.1) is 11.8 Å². The van der Waals surface area contributed by atoms with Gasteiger partial charge >= 0.3 is 0 Å². The molecule has 24 heavy (non-hydrogen) atoms. The van der Waals surface area contributed by atoms with Gasteiger partial charge in [-0.25, -0.2) is 0 Å². The summed E-state index contributed by atoms with van der Waals surface area (Å²) in [5.41, 5.74) is 2.88. The standard InChI is InChI=1S/C20H27NO2.ClH/c1-3-4-14-9-15(22)12-20-7-8-21-18(19(14)20)10-13-5-6-16(23-2)11-17(13)20;/h5-6,11,14,18-19,21H,3-4,7-10,12H2,1-2H3;1H/t14?,18-,19+,20-;/m1./s1. The summed E-state index contributed by atoms with van der Waals surface area (Å²) in [6, 6.07) is 7.06. The zero-order valence-corrected chi connectivity index (χ0v) is 15.5. The third-order valence-electron chi connectivity index (χ3n) is 6.51. The molecule has 1 saturated heterocycles. The van der Waals surface area contributed by atoms with E-state index >= 15 is 0 Å². The number of halogens is 1. The van der Waals surface area contributed by atoms with E-state index in [0.717, 1.165) is 38.0 Å². The number of hydrogen-bond donors (Lipinski definition) is 1. The Morgan fingerprint density at radius 1 is 1.33 bits per heavy atom. The van der Waals surface area contributed by atoms with Crippen molar-refractivity contribution in [1.29, 1.82) is 0 Å². The van der Waals surface area contributed by atoms with Crippen LogP contribution in [0.1, 0.15) is 50.2 Å². The van der Waals surface area contributed by atoms with Crippen LogP contribution in [0.2, 0.25) is 0 Å². The Labute approximate surface area is 151 Å². The molecular weight excluding hydrogens is 322 g/mol. The quantitative estimate of drug-likeness (QED) is 0.904.